The molecule has 1 aromatic heterocycles. The van der Waals surface area contributed by atoms with Crippen LogP contribution in [-0.4, -0.2) is 9.97 Å². The minimum Gasteiger partial charge on any atom is -0.435 e. The van der Waals surface area contributed by atoms with E-state index in [-0.39, 0.29) is 5.75 Å². The molecule has 0 aliphatic heterocycles. The van der Waals surface area contributed by atoms with Gasteiger partial charge in [0.1, 0.15) is 12.1 Å². The van der Waals surface area contributed by atoms with Crippen molar-refractivity contribution in [2.24, 2.45) is 5.84 Å². The summed E-state index contributed by atoms with van der Waals surface area (Å²) in [5.41, 5.74) is 4.08. The number of aryl methyl sites for hydroxylation is 1. The second-order valence-corrected chi connectivity index (χ2v) is 4.04. The van der Waals surface area contributed by atoms with E-state index >= 15 is 0 Å². The lowest BCUT2D eigenvalue weighted by atomic mass is 10.2. The standard InChI is InChI=1S/C13H15FN4O/c1-3-9-12(18-15)16-7-17-13(9)19-11-6-8(2)4-5-10(11)14/h4-7H,3,15H2,1-2H3,(H,16,17,18). The summed E-state index contributed by atoms with van der Waals surface area (Å²) in [5, 5.41) is 0. The highest BCUT2D eigenvalue weighted by Gasteiger charge is 2.13. The van der Waals surface area contributed by atoms with Crippen molar-refractivity contribution in [2.45, 2.75) is 20.3 Å². The van der Waals surface area contributed by atoms with Crippen molar-refractivity contribution >= 4 is 5.82 Å². The van der Waals surface area contributed by atoms with Crippen LogP contribution in [0, 0.1) is 12.7 Å². The highest BCUT2D eigenvalue weighted by molar-refractivity contribution is 5.49. The Hall–Kier alpha value is -2.21. The van der Waals surface area contributed by atoms with Crippen LogP contribution >= 0.6 is 0 Å². The van der Waals surface area contributed by atoms with E-state index in [1.807, 2.05) is 13.8 Å². The summed E-state index contributed by atoms with van der Waals surface area (Å²) < 4.78 is 19.2. The lowest BCUT2D eigenvalue weighted by Crippen LogP contribution is -2.12. The highest BCUT2D eigenvalue weighted by Crippen LogP contribution is 2.29. The molecule has 3 N–H and O–H groups in total. The van der Waals surface area contributed by atoms with Crippen LogP contribution in [0.3, 0.4) is 0 Å². The molecule has 5 nitrogen and oxygen atoms in total. The largest absolute Gasteiger partial charge is 0.435 e. The number of nitrogens with zero attached hydrogens (tertiary/aromatic N) is 2. The molecule has 1 heterocycles. The number of benzene rings is 1. The Kier molecular flexibility index (Phi) is 3.91. The minimum absolute atomic E-state index is 0.136. The molecule has 1 aromatic carbocycles. The van der Waals surface area contributed by atoms with Crippen molar-refractivity contribution in [1.29, 1.82) is 0 Å². The average molecular weight is 262 g/mol. The van der Waals surface area contributed by atoms with Crippen LogP contribution in [0.5, 0.6) is 11.6 Å². The number of halogens is 1. The third-order valence-corrected chi connectivity index (χ3v) is 2.69. The number of hydrazine groups is 1. The van der Waals surface area contributed by atoms with E-state index in [0.717, 1.165) is 5.56 Å². The Morgan fingerprint density at radius 3 is 2.84 bits per heavy atom. The number of nitrogens with two attached hydrogens (primary N) is 1. The van der Waals surface area contributed by atoms with E-state index in [9.17, 15) is 4.39 Å². The summed E-state index contributed by atoms with van der Waals surface area (Å²) in [7, 11) is 0. The monoisotopic (exact) mass is 262 g/mol. The van der Waals surface area contributed by atoms with E-state index in [1.165, 1.54) is 12.4 Å². The predicted molar refractivity (Wildman–Crippen MR) is 70.4 cm³/mol. The average Bonchev–Trinajstić information content (AvgIpc) is 2.42. The molecule has 100 valence electrons. The summed E-state index contributed by atoms with van der Waals surface area (Å²) in [4.78, 5) is 8.02. The zero-order valence-corrected chi connectivity index (χ0v) is 10.8. The van der Waals surface area contributed by atoms with Crippen LogP contribution in [0.2, 0.25) is 0 Å². The van der Waals surface area contributed by atoms with Gasteiger partial charge in [-0.2, -0.15) is 0 Å². The van der Waals surface area contributed by atoms with Crippen LogP contribution in [0.4, 0.5) is 10.2 Å². The number of nitrogens with one attached hydrogen (secondary N) is 1. The number of rotatable bonds is 4. The molecular weight excluding hydrogens is 247 g/mol. The molecule has 0 saturated heterocycles. The number of hydrogen-bond acceptors (Lipinski definition) is 5. The molecule has 0 radical (unpaired) electrons. The molecule has 0 fully saturated rings. The molecule has 0 aliphatic carbocycles. The van der Waals surface area contributed by atoms with Gasteiger partial charge in [-0.05, 0) is 31.0 Å². The smallest absolute Gasteiger partial charge is 0.227 e. The molecular formula is C13H15FN4O. The Balaban J connectivity index is 2.40. The first-order chi connectivity index (χ1) is 9.15. The summed E-state index contributed by atoms with van der Waals surface area (Å²) in [6.07, 6.45) is 1.93. The first-order valence-corrected chi connectivity index (χ1v) is 5.90. The molecule has 0 bridgehead atoms. The van der Waals surface area contributed by atoms with Gasteiger partial charge in [-0.1, -0.05) is 13.0 Å². The fraction of sp³-hybridized carbons (Fsp3) is 0.231. The Labute approximate surface area is 110 Å². The highest BCUT2D eigenvalue weighted by atomic mass is 19.1. The van der Waals surface area contributed by atoms with Gasteiger partial charge in [0, 0.05) is 0 Å². The van der Waals surface area contributed by atoms with Crippen molar-refractivity contribution in [2.75, 3.05) is 5.43 Å². The van der Waals surface area contributed by atoms with Crippen molar-refractivity contribution < 1.29 is 9.13 Å². The number of hydrogen-bond donors (Lipinski definition) is 2. The number of aromatic nitrogens is 2. The van der Waals surface area contributed by atoms with Crippen molar-refractivity contribution in [1.82, 2.24) is 9.97 Å². The van der Waals surface area contributed by atoms with Gasteiger partial charge in [0.15, 0.2) is 11.6 Å². The molecule has 0 saturated carbocycles. The molecule has 2 rings (SSSR count). The molecule has 2 aromatic rings. The van der Waals surface area contributed by atoms with E-state index in [2.05, 4.69) is 15.4 Å². The lowest BCUT2D eigenvalue weighted by molar-refractivity contribution is 0.421. The first kappa shape index (κ1) is 13.2. The fourth-order valence-corrected chi connectivity index (χ4v) is 1.72. The van der Waals surface area contributed by atoms with Crippen LogP contribution in [0.1, 0.15) is 18.1 Å². The molecule has 0 atom stereocenters. The maximum atomic E-state index is 13.7. The van der Waals surface area contributed by atoms with Gasteiger partial charge in [-0.3, -0.25) is 0 Å². The van der Waals surface area contributed by atoms with Crippen molar-refractivity contribution in [3.05, 3.63) is 41.5 Å². The quantitative estimate of drug-likeness (QED) is 0.654. The van der Waals surface area contributed by atoms with Gasteiger partial charge in [-0.25, -0.2) is 20.2 Å². The molecule has 0 aliphatic rings. The van der Waals surface area contributed by atoms with E-state index in [0.29, 0.717) is 23.7 Å². The summed E-state index contributed by atoms with van der Waals surface area (Å²) in [6.45, 7) is 3.78. The topological polar surface area (TPSA) is 73.1 Å². The van der Waals surface area contributed by atoms with Gasteiger partial charge in [0.25, 0.3) is 0 Å². The fourth-order valence-electron chi connectivity index (χ4n) is 1.72. The van der Waals surface area contributed by atoms with E-state index < -0.39 is 5.82 Å². The third-order valence-electron chi connectivity index (χ3n) is 2.69. The van der Waals surface area contributed by atoms with Gasteiger partial charge in [0.05, 0.1) is 5.56 Å². The maximum absolute atomic E-state index is 13.7. The Morgan fingerprint density at radius 2 is 2.16 bits per heavy atom. The van der Waals surface area contributed by atoms with Gasteiger partial charge in [0.2, 0.25) is 5.88 Å². The second-order valence-electron chi connectivity index (χ2n) is 4.04. The number of anilines is 1. The van der Waals surface area contributed by atoms with E-state index in [1.54, 1.807) is 12.1 Å². The molecule has 6 heteroatoms. The Bertz CT molecular complexity index is 589. The number of nitrogen functional groups attached to an aromatic ring is 1. The lowest BCUT2D eigenvalue weighted by Gasteiger charge is -2.12. The molecule has 0 unspecified atom stereocenters. The van der Waals surface area contributed by atoms with Gasteiger partial charge < -0.3 is 10.2 Å². The first-order valence-electron chi connectivity index (χ1n) is 5.90. The van der Waals surface area contributed by atoms with Crippen molar-refractivity contribution in [3.8, 4) is 11.6 Å². The molecule has 19 heavy (non-hydrogen) atoms. The van der Waals surface area contributed by atoms with Gasteiger partial charge in [-0.15, -0.1) is 0 Å². The van der Waals surface area contributed by atoms with Crippen LogP contribution in [0.15, 0.2) is 24.5 Å². The van der Waals surface area contributed by atoms with Crippen LogP contribution in [-0.2, 0) is 6.42 Å². The van der Waals surface area contributed by atoms with Gasteiger partial charge >= 0.3 is 0 Å². The summed E-state index contributed by atoms with van der Waals surface area (Å²) >= 11 is 0. The SMILES string of the molecule is CCc1c(NN)ncnc1Oc1cc(C)ccc1F. The normalized spacial score (nSPS) is 10.3. The Morgan fingerprint density at radius 1 is 1.37 bits per heavy atom. The maximum Gasteiger partial charge on any atom is 0.227 e. The zero-order valence-electron chi connectivity index (χ0n) is 10.8. The number of ether oxygens (including phenoxy) is 1. The second kappa shape index (κ2) is 5.62. The van der Waals surface area contributed by atoms with Crippen LogP contribution in [0.25, 0.3) is 0 Å². The molecule has 0 spiro atoms. The molecule has 0 amide bonds. The minimum atomic E-state index is -0.437. The van der Waals surface area contributed by atoms with Crippen molar-refractivity contribution in [3.63, 3.8) is 0 Å². The zero-order chi connectivity index (χ0) is 13.8. The summed E-state index contributed by atoms with van der Waals surface area (Å²) in [5.74, 6) is 5.85. The predicted octanol–water partition coefficient (Wildman–Crippen LogP) is 2.56. The summed E-state index contributed by atoms with van der Waals surface area (Å²) in [6, 6.07) is 4.65. The third kappa shape index (κ3) is 2.79. The van der Waals surface area contributed by atoms with Crippen LogP contribution < -0.4 is 16.0 Å². The van der Waals surface area contributed by atoms with E-state index in [4.69, 9.17) is 10.6 Å².